The second kappa shape index (κ2) is 4.08. The van der Waals surface area contributed by atoms with Crippen LogP contribution in [0.2, 0.25) is 0 Å². The molecule has 0 amide bonds. The molecule has 0 radical (unpaired) electrons. The Morgan fingerprint density at radius 1 is 1.29 bits per heavy atom. The highest BCUT2D eigenvalue weighted by atomic mass is 19.1. The molecule has 0 heterocycles. The Balaban J connectivity index is 2.53. The first kappa shape index (κ1) is 11.4. The molecule has 0 spiro atoms. The van der Waals surface area contributed by atoms with Crippen LogP contribution in [0.15, 0.2) is 23.8 Å². The zero-order valence-corrected chi connectivity index (χ0v) is 8.67. The van der Waals surface area contributed by atoms with Gasteiger partial charge in [-0.1, -0.05) is 0 Å². The fraction of sp³-hybridized carbons (Fsp3) is 0.167. The lowest BCUT2D eigenvalue weighted by Crippen LogP contribution is -2.17. The van der Waals surface area contributed by atoms with Gasteiger partial charge in [0.15, 0.2) is 5.78 Å². The molecule has 1 aromatic rings. The van der Waals surface area contributed by atoms with Gasteiger partial charge in [0.1, 0.15) is 11.6 Å². The van der Waals surface area contributed by atoms with Crippen molar-refractivity contribution in [3.8, 4) is 0 Å². The van der Waals surface area contributed by atoms with E-state index in [1.165, 1.54) is 0 Å². The van der Waals surface area contributed by atoms with E-state index >= 15 is 0 Å². The van der Waals surface area contributed by atoms with Crippen molar-refractivity contribution in [1.82, 2.24) is 0 Å². The summed E-state index contributed by atoms with van der Waals surface area (Å²) in [5.41, 5.74) is 0.134. The van der Waals surface area contributed by atoms with Crippen LogP contribution < -0.4 is 0 Å². The van der Waals surface area contributed by atoms with Crippen LogP contribution in [0.4, 0.5) is 8.78 Å². The summed E-state index contributed by atoms with van der Waals surface area (Å²) in [6.07, 6.45) is 1.14. The summed E-state index contributed by atoms with van der Waals surface area (Å²) in [5, 5.41) is 8.56. The molecular weight excluding hydrogens is 230 g/mol. The van der Waals surface area contributed by atoms with Crippen LogP contribution in [0.1, 0.15) is 22.3 Å². The monoisotopic (exact) mass is 238 g/mol. The molecular formula is C12H8F2O3. The number of rotatable bonds is 1. The normalized spacial score (nSPS) is 17.1. The fourth-order valence-electron chi connectivity index (χ4n) is 1.89. The summed E-state index contributed by atoms with van der Waals surface area (Å²) in [5.74, 6) is -3.46. The zero-order valence-electron chi connectivity index (χ0n) is 8.67. The van der Waals surface area contributed by atoms with Crippen LogP contribution in [0.25, 0.3) is 0 Å². The smallest absolute Gasteiger partial charge is 0.328 e. The van der Waals surface area contributed by atoms with Crippen LogP contribution in [0, 0.1) is 11.6 Å². The summed E-state index contributed by atoms with van der Waals surface area (Å²) < 4.78 is 26.4. The van der Waals surface area contributed by atoms with Crippen molar-refractivity contribution in [3.05, 3.63) is 46.5 Å². The van der Waals surface area contributed by atoms with E-state index in [-0.39, 0.29) is 29.5 Å². The molecule has 0 unspecified atom stereocenters. The molecule has 0 bridgehead atoms. The van der Waals surface area contributed by atoms with Crippen molar-refractivity contribution >= 4 is 11.8 Å². The molecule has 2 rings (SSSR count). The molecule has 17 heavy (non-hydrogen) atoms. The third-order valence-corrected chi connectivity index (χ3v) is 2.64. The number of carbonyl (C=O) groups is 2. The van der Waals surface area contributed by atoms with E-state index in [2.05, 4.69) is 0 Å². The lowest BCUT2D eigenvalue weighted by Gasteiger charge is -2.17. The Morgan fingerprint density at radius 2 is 2.00 bits per heavy atom. The van der Waals surface area contributed by atoms with Gasteiger partial charge in [-0.15, -0.1) is 0 Å². The van der Waals surface area contributed by atoms with Crippen LogP contribution in [-0.4, -0.2) is 16.9 Å². The van der Waals surface area contributed by atoms with E-state index in [1.54, 1.807) is 0 Å². The molecule has 1 aliphatic carbocycles. The van der Waals surface area contributed by atoms with Crippen LogP contribution >= 0.6 is 0 Å². The number of ketones is 1. The number of benzene rings is 1. The largest absolute Gasteiger partial charge is 0.478 e. The standard InChI is InChI=1S/C12H8F2O3/c13-7-4-9-8(10(14)5-7)2-1-6(12(9)17)3-11(15)16/h3-5H,1-2H2,(H,15,16)/b6-3-. The number of allylic oxidation sites excluding steroid dienone is 1. The summed E-state index contributed by atoms with van der Waals surface area (Å²) in [4.78, 5) is 22.3. The van der Waals surface area contributed by atoms with Gasteiger partial charge >= 0.3 is 5.97 Å². The summed E-state index contributed by atoms with van der Waals surface area (Å²) in [6.45, 7) is 0. The second-order valence-electron chi connectivity index (χ2n) is 3.75. The highest BCUT2D eigenvalue weighted by Gasteiger charge is 2.25. The molecule has 3 nitrogen and oxygen atoms in total. The number of hydrogen-bond donors (Lipinski definition) is 1. The number of carbonyl (C=O) groups excluding carboxylic acids is 1. The Morgan fingerprint density at radius 3 is 2.65 bits per heavy atom. The first-order chi connectivity index (χ1) is 7.99. The minimum absolute atomic E-state index is 0.0648. The van der Waals surface area contributed by atoms with E-state index < -0.39 is 23.4 Å². The lowest BCUT2D eigenvalue weighted by atomic mass is 9.86. The van der Waals surface area contributed by atoms with E-state index in [9.17, 15) is 18.4 Å². The van der Waals surface area contributed by atoms with Crippen molar-refractivity contribution in [3.63, 3.8) is 0 Å². The molecule has 1 aromatic carbocycles. The maximum absolute atomic E-state index is 13.4. The highest BCUT2D eigenvalue weighted by molar-refractivity contribution is 6.12. The van der Waals surface area contributed by atoms with Crippen molar-refractivity contribution < 1.29 is 23.5 Å². The number of carboxylic acid groups (broad SMARTS) is 1. The van der Waals surface area contributed by atoms with E-state index in [0.29, 0.717) is 0 Å². The Bertz CT molecular complexity index is 547. The highest BCUT2D eigenvalue weighted by Crippen LogP contribution is 2.27. The average molecular weight is 238 g/mol. The number of fused-ring (bicyclic) bond motifs is 1. The minimum Gasteiger partial charge on any atom is -0.478 e. The number of hydrogen-bond acceptors (Lipinski definition) is 2. The molecule has 0 aromatic heterocycles. The van der Waals surface area contributed by atoms with Gasteiger partial charge in [0, 0.05) is 23.3 Å². The maximum atomic E-state index is 13.4. The minimum atomic E-state index is -1.24. The molecule has 0 fully saturated rings. The quantitative estimate of drug-likeness (QED) is 0.762. The third-order valence-electron chi connectivity index (χ3n) is 2.64. The van der Waals surface area contributed by atoms with E-state index in [0.717, 1.165) is 18.2 Å². The average Bonchev–Trinajstić information content (AvgIpc) is 2.22. The topological polar surface area (TPSA) is 54.4 Å². The number of halogens is 2. The summed E-state index contributed by atoms with van der Waals surface area (Å²) in [6, 6.07) is 1.66. The molecule has 0 saturated heterocycles. The van der Waals surface area contributed by atoms with Gasteiger partial charge in [-0.05, 0) is 24.5 Å². The van der Waals surface area contributed by atoms with E-state index in [4.69, 9.17) is 5.11 Å². The van der Waals surface area contributed by atoms with Crippen LogP contribution in [0.3, 0.4) is 0 Å². The molecule has 0 atom stereocenters. The Labute approximate surface area is 95.4 Å². The van der Waals surface area contributed by atoms with E-state index in [1.807, 2.05) is 0 Å². The van der Waals surface area contributed by atoms with Crippen molar-refractivity contribution in [2.24, 2.45) is 0 Å². The fourth-order valence-corrected chi connectivity index (χ4v) is 1.89. The summed E-state index contributed by atoms with van der Waals surface area (Å²) >= 11 is 0. The van der Waals surface area contributed by atoms with Crippen LogP contribution in [0.5, 0.6) is 0 Å². The van der Waals surface area contributed by atoms with Crippen molar-refractivity contribution in [1.29, 1.82) is 0 Å². The van der Waals surface area contributed by atoms with Crippen molar-refractivity contribution in [2.75, 3.05) is 0 Å². The number of aliphatic carboxylic acids is 1. The molecule has 1 N–H and O–H groups in total. The zero-order chi connectivity index (χ0) is 12.6. The van der Waals surface area contributed by atoms with Gasteiger partial charge in [-0.2, -0.15) is 0 Å². The molecule has 0 aliphatic heterocycles. The van der Waals surface area contributed by atoms with Gasteiger partial charge in [0.25, 0.3) is 0 Å². The number of Topliss-reactive ketones (excluding diaryl/α,β-unsaturated/α-hetero) is 1. The molecule has 1 aliphatic rings. The second-order valence-corrected chi connectivity index (χ2v) is 3.75. The first-order valence-corrected chi connectivity index (χ1v) is 4.95. The van der Waals surface area contributed by atoms with Crippen LogP contribution in [-0.2, 0) is 11.2 Å². The SMILES string of the molecule is O=C(O)/C=C1/CCc2c(F)cc(F)cc2C1=O. The third kappa shape index (κ3) is 2.08. The van der Waals surface area contributed by atoms with Gasteiger partial charge in [-0.25, -0.2) is 13.6 Å². The predicted molar refractivity (Wildman–Crippen MR) is 54.7 cm³/mol. The number of carboxylic acids is 1. The Kier molecular flexibility index (Phi) is 2.75. The van der Waals surface area contributed by atoms with Gasteiger partial charge in [0.2, 0.25) is 0 Å². The summed E-state index contributed by atoms with van der Waals surface area (Å²) in [7, 11) is 0. The molecule has 5 heteroatoms. The van der Waals surface area contributed by atoms with Crippen molar-refractivity contribution in [2.45, 2.75) is 12.8 Å². The first-order valence-electron chi connectivity index (χ1n) is 4.95. The van der Waals surface area contributed by atoms with Gasteiger partial charge in [-0.3, -0.25) is 4.79 Å². The predicted octanol–water partition coefficient (Wildman–Crippen LogP) is 2.10. The maximum Gasteiger partial charge on any atom is 0.328 e. The van der Waals surface area contributed by atoms with Gasteiger partial charge in [0.05, 0.1) is 0 Å². The molecule has 88 valence electrons. The molecule has 0 saturated carbocycles. The Hall–Kier alpha value is -2.04. The van der Waals surface area contributed by atoms with Gasteiger partial charge < -0.3 is 5.11 Å². The lowest BCUT2D eigenvalue weighted by molar-refractivity contribution is -0.131.